The number of hydrogen-bond donors (Lipinski definition) is 5. The first-order chi connectivity index (χ1) is 21.8. The van der Waals surface area contributed by atoms with E-state index in [1.54, 1.807) is 0 Å². The highest BCUT2D eigenvalue weighted by molar-refractivity contribution is 5.88. The number of terminal acetylenes is 1. The fourth-order valence-corrected chi connectivity index (χ4v) is 3.88. The van der Waals surface area contributed by atoms with Gasteiger partial charge < -0.3 is 45.1 Å². The average molecular weight is 659 g/mol. The predicted octanol–water partition coefficient (Wildman–Crippen LogP) is 0.115. The molecule has 0 aromatic heterocycles. The van der Waals surface area contributed by atoms with Gasteiger partial charge in [0.2, 0.25) is 17.7 Å². The van der Waals surface area contributed by atoms with E-state index in [1.807, 2.05) is 27.7 Å². The van der Waals surface area contributed by atoms with Crippen LogP contribution in [0.4, 0.5) is 0 Å². The quantitative estimate of drug-likeness (QED) is 0.0538. The van der Waals surface area contributed by atoms with Crippen molar-refractivity contribution in [2.75, 3.05) is 79.0 Å². The Hall–Kier alpha value is -3.29. The number of amides is 3. The van der Waals surface area contributed by atoms with Crippen LogP contribution in [-0.4, -0.2) is 136 Å². The van der Waals surface area contributed by atoms with E-state index in [4.69, 9.17) is 25.4 Å². The molecule has 0 aromatic rings. The molecule has 0 unspecified atom stereocenters. The van der Waals surface area contributed by atoms with Crippen molar-refractivity contribution in [2.45, 2.75) is 65.5 Å². The van der Waals surface area contributed by atoms with Crippen LogP contribution in [0.1, 0.15) is 53.4 Å². The summed E-state index contributed by atoms with van der Waals surface area (Å²) >= 11 is 0. The number of hydrogen-bond acceptors (Lipinski definition) is 10. The van der Waals surface area contributed by atoms with Gasteiger partial charge in [-0.2, -0.15) is 0 Å². The zero-order valence-corrected chi connectivity index (χ0v) is 27.7. The number of ether oxygens (including phenoxy) is 4. The third-order valence-electron chi connectivity index (χ3n) is 6.30. The van der Waals surface area contributed by atoms with Crippen LogP contribution in [0.3, 0.4) is 0 Å². The molecule has 0 saturated carbocycles. The summed E-state index contributed by atoms with van der Waals surface area (Å²) in [6, 6.07) is -2.25. The number of carbonyl (C=O) groups excluding carboxylic acids is 3. The van der Waals surface area contributed by atoms with Crippen molar-refractivity contribution in [2.24, 2.45) is 11.8 Å². The molecule has 0 radical (unpaired) electrons. The Labute approximate surface area is 272 Å². The van der Waals surface area contributed by atoms with Crippen molar-refractivity contribution < 1.29 is 53.1 Å². The lowest BCUT2D eigenvalue weighted by Crippen LogP contribution is -2.51. The van der Waals surface area contributed by atoms with Gasteiger partial charge in [0, 0.05) is 6.54 Å². The predicted molar refractivity (Wildman–Crippen MR) is 169 cm³/mol. The van der Waals surface area contributed by atoms with Crippen LogP contribution in [-0.2, 0) is 42.9 Å². The smallest absolute Gasteiger partial charge is 0.326 e. The Kier molecular flexibility index (Phi) is 25.0. The van der Waals surface area contributed by atoms with Crippen molar-refractivity contribution in [3.63, 3.8) is 0 Å². The Morgan fingerprint density at radius 2 is 1.02 bits per heavy atom. The largest absolute Gasteiger partial charge is 0.480 e. The minimum Gasteiger partial charge on any atom is -0.480 e. The van der Waals surface area contributed by atoms with Crippen LogP contribution in [0.15, 0.2) is 0 Å². The highest BCUT2D eigenvalue weighted by Gasteiger charge is 2.25. The van der Waals surface area contributed by atoms with Crippen LogP contribution in [0.25, 0.3) is 0 Å². The monoisotopic (exact) mass is 658 g/mol. The number of aliphatic carboxylic acids is 2. The first-order valence-corrected chi connectivity index (χ1v) is 15.6. The summed E-state index contributed by atoms with van der Waals surface area (Å²) in [4.78, 5) is 62.7. The standard InChI is InChI=1S/C31H54N4O11/c1-6-12-43-14-16-45-18-19-46-17-15-44-13-11-32-27(36)20-35(21-28(37)33-25(30(39)40)9-7-23(2)3)22-29(38)34-26(31(41)42)10-8-24(4)5/h1,23-26H,7-22H2,2-5H3,(H,32,36)(H,33,37)(H,34,38)(H,39,40)(H,41,42)/t25-,26-/m1/s1. The fraction of sp³-hybridized carbons (Fsp3) is 0.774. The van der Waals surface area contributed by atoms with Crippen molar-refractivity contribution in [1.29, 1.82) is 0 Å². The van der Waals surface area contributed by atoms with Crippen molar-refractivity contribution >= 4 is 29.7 Å². The molecule has 0 fully saturated rings. The Morgan fingerprint density at radius 3 is 1.41 bits per heavy atom. The second-order valence-electron chi connectivity index (χ2n) is 11.4. The van der Waals surface area contributed by atoms with Gasteiger partial charge in [0.05, 0.1) is 65.9 Å². The minimum absolute atomic E-state index is 0.151. The van der Waals surface area contributed by atoms with Gasteiger partial charge >= 0.3 is 11.9 Å². The molecular formula is C31H54N4O11. The summed E-state index contributed by atoms with van der Waals surface area (Å²) in [6.45, 7) is 9.25. The van der Waals surface area contributed by atoms with Gasteiger partial charge in [-0.25, -0.2) is 9.59 Å². The SMILES string of the molecule is C#CCOCCOCCOCCOCCNC(=O)CN(CC(=O)N[C@H](CCC(C)C)C(=O)O)CC(=O)N[C@H](CCC(C)C)C(=O)O. The molecule has 15 heteroatoms. The van der Waals surface area contributed by atoms with E-state index < -0.39 is 54.8 Å². The van der Waals surface area contributed by atoms with E-state index in [2.05, 4.69) is 21.9 Å². The molecule has 0 aliphatic carbocycles. The zero-order valence-electron chi connectivity index (χ0n) is 27.7. The van der Waals surface area contributed by atoms with Gasteiger partial charge in [0.15, 0.2) is 0 Å². The summed E-state index contributed by atoms with van der Waals surface area (Å²) in [6.07, 6.45) is 6.67. The molecule has 2 atom stereocenters. The second-order valence-corrected chi connectivity index (χ2v) is 11.4. The summed E-state index contributed by atoms with van der Waals surface area (Å²) < 4.78 is 21.2. The van der Waals surface area contributed by atoms with Crippen molar-refractivity contribution in [3.05, 3.63) is 0 Å². The normalized spacial score (nSPS) is 12.5. The zero-order chi connectivity index (χ0) is 34.7. The number of rotatable bonds is 29. The van der Waals surface area contributed by atoms with E-state index in [0.29, 0.717) is 45.9 Å². The van der Waals surface area contributed by atoms with E-state index in [-0.39, 0.29) is 57.6 Å². The summed E-state index contributed by atoms with van der Waals surface area (Å²) in [7, 11) is 0. The van der Waals surface area contributed by atoms with Gasteiger partial charge in [0.1, 0.15) is 18.7 Å². The molecule has 0 heterocycles. The first-order valence-electron chi connectivity index (χ1n) is 15.6. The van der Waals surface area contributed by atoms with E-state index in [0.717, 1.165) is 0 Å². The van der Waals surface area contributed by atoms with Gasteiger partial charge in [-0.3, -0.25) is 19.3 Å². The molecule has 0 aliphatic heterocycles. The maximum Gasteiger partial charge on any atom is 0.326 e. The lowest BCUT2D eigenvalue weighted by Gasteiger charge is -2.23. The summed E-state index contributed by atoms with van der Waals surface area (Å²) in [5, 5.41) is 26.6. The Balaban J connectivity index is 4.83. The topological polar surface area (TPSA) is 202 Å². The molecule has 0 spiro atoms. The molecule has 0 aliphatic rings. The van der Waals surface area contributed by atoms with Crippen LogP contribution in [0.5, 0.6) is 0 Å². The highest BCUT2D eigenvalue weighted by atomic mass is 16.6. The van der Waals surface area contributed by atoms with Crippen LogP contribution in [0, 0.1) is 24.2 Å². The van der Waals surface area contributed by atoms with Gasteiger partial charge in [-0.15, -0.1) is 6.42 Å². The number of carbonyl (C=O) groups is 5. The maximum absolute atomic E-state index is 12.8. The number of nitrogens with one attached hydrogen (secondary N) is 3. The van der Waals surface area contributed by atoms with Gasteiger partial charge in [-0.1, -0.05) is 33.6 Å². The first kappa shape index (κ1) is 42.7. The minimum atomic E-state index is -1.19. The van der Waals surface area contributed by atoms with E-state index in [9.17, 15) is 34.2 Å². The van der Waals surface area contributed by atoms with E-state index in [1.165, 1.54) is 4.90 Å². The number of nitrogens with zero attached hydrogens (tertiary/aromatic N) is 1. The number of carboxylic acids is 2. The number of carboxylic acid groups (broad SMARTS) is 2. The van der Waals surface area contributed by atoms with Crippen LogP contribution >= 0.6 is 0 Å². The summed E-state index contributed by atoms with van der Waals surface area (Å²) in [5.74, 6) is -1.43. The Bertz CT molecular complexity index is 894. The summed E-state index contributed by atoms with van der Waals surface area (Å²) in [5.41, 5.74) is 0. The van der Waals surface area contributed by atoms with Gasteiger partial charge in [-0.05, 0) is 37.5 Å². The Morgan fingerprint density at radius 1 is 0.630 bits per heavy atom. The average Bonchev–Trinajstić information content (AvgIpc) is 2.96. The molecule has 264 valence electrons. The second kappa shape index (κ2) is 26.9. The van der Waals surface area contributed by atoms with E-state index >= 15 is 0 Å². The molecule has 46 heavy (non-hydrogen) atoms. The molecule has 0 bridgehead atoms. The molecular weight excluding hydrogens is 604 g/mol. The lowest BCUT2D eigenvalue weighted by molar-refractivity contribution is -0.143. The van der Waals surface area contributed by atoms with Crippen LogP contribution < -0.4 is 16.0 Å². The molecule has 0 saturated heterocycles. The highest BCUT2D eigenvalue weighted by Crippen LogP contribution is 2.08. The molecule has 5 N–H and O–H groups in total. The van der Waals surface area contributed by atoms with Crippen LogP contribution in [0.2, 0.25) is 0 Å². The third kappa shape index (κ3) is 25.0. The molecule has 3 amide bonds. The lowest BCUT2D eigenvalue weighted by atomic mass is 10.0. The fourth-order valence-electron chi connectivity index (χ4n) is 3.88. The third-order valence-corrected chi connectivity index (χ3v) is 6.30. The molecule has 15 nitrogen and oxygen atoms in total. The van der Waals surface area contributed by atoms with Gasteiger partial charge in [0.25, 0.3) is 0 Å². The maximum atomic E-state index is 12.8. The molecule has 0 rings (SSSR count). The molecule has 0 aromatic carbocycles. The van der Waals surface area contributed by atoms with Crippen molar-refractivity contribution in [1.82, 2.24) is 20.9 Å². The van der Waals surface area contributed by atoms with Crippen molar-refractivity contribution in [3.8, 4) is 12.3 Å².